The van der Waals surface area contributed by atoms with Crippen molar-refractivity contribution in [2.45, 2.75) is 26.2 Å². The van der Waals surface area contributed by atoms with Gasteiger partial charge < -0.3 is 0 Å². The maximum absolute atomic E-state index is 12.5. The van der Waals surface area contributed by atoms with Crippen molar-refractivity contribution in [3.63, 3.8) is 0 Å². The summed E-state index contributed by atoms with van der Waals surface area (Å²) < 4.78 is 1.80. The summed E-state index contributed by atoms with van der Waals surface area (Å²) in [5.41, 5.74) is 7.77. The first-order valence-corrected chi connectivity index (χ1v) is 10.4. The smallest absolute Gasteiger partial charge is 0.267 e. The zero-order valence-electron chi connectivity index (χ0n) is 18.4. The summed E-state index contributed by atoms with van der Waals surface area (Å²) in [6.07, 6.45) is 6.95. The Balaban J connectivity index is 1.56. The van der Waals surface area contributed by atoms with Crippen molar-refractivity contribution >= 4 is 12.1 Å². The molecular formula is C26H25N5O. The normalized spacial score (nSPS) is 11.6. The third-order valence-corrected chi connectivity index (χ3v) is 5.10. The van der Waals surface area contributed by atoms with Crippen LogP contribution < -0.4 is 5.43 Å². The quantitative estimate of drug-likeness (QED) is 0.363. The van der Waals surface area contributed by atoms with E-state index in [1.165, 1.54) is 5.56 Å². The Morgan fingerprint density at radius 2 is 1.66 bits per heavy atom. The predicted molar refractivity (Wildman–Crippen MR) is 127 cm³/mol. The molecule has 2 heterocycles. The summed E-state index contributed by atoms with van der Waals surface area (Å²) in [6, 6.07) is 21.2. The summed E-state index contributed by atoms with van der Waals surface area (Å²) in [5.74, 6) is -0.261. The number of pyridine rings is 1. The number of aromatic nitrogens is 3. The van der Waals surface area contributed by atoms with Crippen LogP contribution in [0.25, 0.3) is 16.9 Å². The molecule has 2 aromatic carbocycles. The second-order valence-electron chi connectivity index (χ2n) is 8.48. The summed E-state index contributed by atoms with van der Waals surface area (Å²) in [4.78, 5) is 16.6. The van der Waals surface area contributed by atoms with Crippen LogP contribution in [-0.4, -0.2) is 26.9 Å². The zero-order valence-corrected chi connectivity index (χ0v) is 18.4. The molecule has 0 aliphatic heterocycles. The maximum Gasteiger partial charge on any atom is 0.271 e. The first-order chi connectivity index (χ1) is 15.4. The van der Waals surface area contributed by atoms with Crippen LogP contribution in [0.1, 0.15) is 42.3 Å². The van der Waals surface area contributed by atoms with Gasteiger partial charge in [-0.25, -0.2) is 10.1 Å². The number of rotatable bonds is 5. The maximum atomic E-state index is 12.5. The average Bonchev–Trinajstić information content (AvgIpc) is 3.24. The Labute approximate surface area is 187 Å². The molecule has 0 fully saturated rings. The van der Waals surface area contributed by atoms with Gasteiger partial charge >= 0.3 is 0 Å². The van der Waals surface area contributed by atoms with Gasteiger partial charge in [0.25, 0.3) is 5.91 Å². The third kappa shape index (κ3) is 4.81. The highest BCUT2D eigenvalue weighted by Crippen LogP contribution is 2.23. The molecule has 0 radical (unpaired) electrons. The number of hydrogen-bond acceptors (Lipinski definition) is 4. The van der Waals surface area contributed by atoms with Crippen molar-refractivity contribution in [3.05, 3.63) is 102 Å². The zero-order chi connectivity index (χ0) is 22.6. The average molecular weight is 424 g/mol. The Bertz CT molecular complexity index is 1220. The van der Waals surface area contributed by atoms with Gasteiger partial charge in [-0.3, -0.25) is 9.78 Å². The molecule has 4 rings (SSSR count). The minimum Gasteiger partial charge on any atom is -0.267 e. The highest BCUT2D eigenvalue weighted by Gasteiger charge is 2.14. The monoisotopic (exact) mass is 423 g/mol. The molecule has 0 spiro atoms. The van der Waals surface area contributed by atoms with E-state index >= 15 is 0 Å². The number of hydrazone groups is 1. The lowest BCUT2D eigenvalue weighted by molar-refractivity contribution is 0.0955. The van der Waals surface area contributed by atoms with Crippen molar-refractivity contribution in [2.24, 2.45) is 5.10 Å². The first kappa shape index (κ1) is 21.2. The highest BCUT2D eigenvalue weighted by atomic mass is 16.2. The van der Waals surface area contributed by atoms with Crippen molar-refractivity contribution in [1.82, 2.24) is 20.2 Å². The second-order valence-corrected chi connectivity index (χ2v) is 8.48. The van der Waals surface area contributed by atoms with Gasteiger partial charge in [-0.15, -0.1) is 0 Å². The number of amides is 1. The molecule has 0 aliphatic rings. The molecule has 0 aliphatic carbocycles. The van der Waals surface area contributed by atoms with Gasteiger partial charge in [0.05, 0.1) is 11.9 Å². The summed E-state index contributed by atoms with van der Waals surface area (Å²) in [5, 5.41) is 8.91. The highest BCUT2D eigenvalue weighted by molar-refractivity contribution is 5.95. The molecule has 1 N–H and O–H groups in total. The lowest BCUT2D eigenvalue weighted by atomic mass is 9.87. The lowest BCUT2D eigenvalue weighted by Gasteiger charge is -2.18. The van der Waals surface area contributed by atoms with E-state index in [1.807, 2.05) is 72.9 Å². The van der Waals surface area contributed by atoms with Gasteiger partial charge in [-0.2, -0.15) is 10.2 Å². The van der Waals surface area contributed by atoms with Crippen molar-refractivity contribution in [2.75, 3.05) is 0 Å². The SMILES string of the molecule is CC(C)(C)c1ccc(C(=O)N/N=C\c2cn(-c3ccccc3)nc2-c2ccncc2)cc1. The van der Waals surface area contributed by atoms with Crippen LogP contribution in [0.5, 0.6) is 0 Å². The molecule has 4 aromatic rings. The van der Waals surface area contributed by atoms with Crippen LogP contribution in [0.3, 0.4) is 0 Å². The fraction of sp³-hybridized carbons (Fsp3) is 0.154. The fourth-order valence-corrected chi connectivity index (χ4v) is 3.28. The van der Waals surface area contributed by atoms with Crippen LogP contribution in [-0.2, 0) is 5.41 Å². The first-order valence-electron chi connectivity index (χ1n) is 10.4. The van der Waals surface area contributed by atoms with Crippen molar-refractivity contribution in [1.29, 1.82) is 0 Å². The molecular weight excluding hydrogens is 398 g/mol. The Morgan fingerprint density at radius 3 is 2.31 bits per heavy atom. The molecule has 0 bridgehead atoms. The van der Waals surface area contributed by atoms with E-state index in [0.717, 1.165) is 22.5 Å². The molecule has 0 saturated carbocycles. The molecule has 0 saturated heterocycles. The largest absolute Gasteiger partial charge is 0.271 e. The molecule has 0 unspecified atom stereocenters. The van der Waals surface area contributed by atoms with Crippen LogP contribution >= 0.6 is 0 Å². The number of para-hydroxylation sites is 1. The van der Waals surface area contributed by atoms with Gasteiger partial charge in [0, 0.05) is 35.3 Å². The van der Waals surface area contributed by atoms with Crippen LogP contribution in [0.15, 0.2) is 90.4 Å². The molecule has 6 heteroatoms. The van der Waals surface area contributed by atoms with Crippen molar-refractivity contribution < 1.29 is 4.79 Å². The Hall–Kier alpha value is -4.06. The van der Waals surface area contributed by atoms with E-state index in [4.69, 9.17) is 5.10 Å². The number of nitrogens with one attached hydrogen (secondary N) is 1. The van der Waals surface area contributed by atoms with E-state index < -0.39 is 0 Å². The third-order valence-electron chi connectivity index (χ3n) is 5.10. The van der Waals surface area contributed by atoms with Gasteiger partial charge in [-0.05, 0) is 47.4 Å². The van der Waals surface area contributed by atoms with E-state index in [9.17, 15) is 4.79 Å². The van der Waals surface area contributed by atoms with Crippen LogP contribution in [0.2, 0.25) is 0 Å². The topological polar surface area (TPSA) is 72.2 Å². The standard InChI is InChI=1S/C26H25N5O/c1-26(2,3)22-11-9-20(10-12-22)25(32)29-28-17-21-18-31(23-7-5-4-6-8-23)30-24(21)19-13-15-27-16-14-19/h4-18H,1-3H3,(H,29,32)/b28-17-. The van der Waals surface area contributed by atoms with Crippen LogP contribution in [0.4, 0.5) is 0 Å². The molecule has 6 nitrogen and oxygen atoms in total. The summed E-state index contributed by atoms with van der Waals surface area (Å²) in [7, 11) is 0. The Kier molecular flexibility index (Phi) is 5.94. The van der Waals surface area contributed by atoms with E-state index in [2.05, 4.69) is 36.3 Å². The minimum absolute atomic E-state index is 0.0371. The number of carbonyl (C=O) groups is 1. The van der Waals surface area contributed by atoms with Crippen LogP contribution in [0, 0.1) is 0 Å². The van der Waals surface area contributed by atoms with E-state index in [1.54, 1.807) is 23.3 Å². The van der Waals surface area contributed by atoms with Crippen molar-refractivity contribution in [3.8, 4) is 16.9 Å². The lowest BCUT2D eigenvalue weighted by Crippen LogP contribution is -2.18. The number of nitrogens with zero attached hydrogens (tertiary/aromatic N) is 4. The Morgan fingerprint density at radius 1 is 0.969 bits per heavy atom. The second kappa shape index (κ2) is 8.98. The number of carbonyl (C=O) groups excluding carboxylic acids is 1. The molecule has 32 heavy (non-hydrogen) atoms. The minimum atomic E-state index is -0.261. The van der Waals surface area contributed by atoms with Gasteiger partial charge in [0.2, 0.25) is 0 Å². The number of hydrogen-bond donors (Lipinski definition) is 1. The molecule has 160 valence electrons. The summed E-state index contributed by atoms with van der Waals surface area (Å²) >= 11 is 0. The predicted octanol–water partition coefficient (Wildman–Crippen LogP) is 5.00. The molecule has 0 atom stereocenters. The molecule has 2 aromatic heterocycles. The van der Waals surface area contributed by atoms with Gasteiger partial charge in [0.15, 0.2) is 0 Å². The van der Waals surface area contributed by atoms with Gasteiger partial charge in [0.1, 0.15) is 5.69 Å². The fourth-order valence-electron chi connectivity index (χ4n) is 3.28. The summed E-state index contributed by atoms with van der Waals surface area (Å²) in [6.45, 7) is 6.42. The molecule has 1 amide bonds. The van der Waals surface area contributed by atoms with E-state index in [0.29, 0.717) is 5.56 Å². The number of benzene rings is 2. The van der Waals surface area contributed by atoms with E-state index in [-0.39, 0.29) is 11.3 Å². The van der Waals surface area contributed by atoms with Gasteiger partial charge in [-0.1, -0.05) is 51.1 Å².